The second-order valence-electron chi connectivity index (χ2n) is 15.1. The topological polar surface area (TPSA) is 212 Å². The molecular weight excluding hydrogens is 797 g/mol. The highest BCUT2D eigenvalue weighted by atomic mass is 32.2. The van der Waals surface area contributed by atoms with Crippen LogP contribution in [-0.2, 0) is 43.7 Å². The van der Waals surface area contributed by atoms with E-state index < -0.39 is 64.6 Å². The van der Waals surface area contributed by atoms with E-state index in [1.807, 2.05) is 0 Å². The van der Waals surface area contributed by atoms with Gasteiger partial charge in [0.2, 0.25) is 5.91 Å². The van der Waals surface area contributed by atoms with Gasteiger partial charge >= 0.3 is 19.8 Å². The Bertz CT molecular complexity index is 1870. The Morgan fingerprint density at radius 2 is 1.38 bits per heavy atom. The van der Waals surface area contributed by atoms with Gasteiger partial charge in [0.25, 0.3) is 0 Å². The molecule has 17 nitrogen and oxygen atoms in total. The molecule has 0 aliphatic carbocycles. The van der Waals surface area contributed by atoms with Crippen LogP contribution in [0.3, 0.4) is 0 Å². The molecule has 3 atom stereocenters. The van der Waals surface area contributed by atoms with Crippen LogP contribution < -0.4 is 39.2 Å². The first-order chi connectivity index (χ1) is 26.9. The van der Waals surface area contributed by atoms with Crippen LogP contribution in [0.4, 0.5) is 4.79 Å². The molecule has 0 saturated heterocycles. The number of methoxy groups -OCH3 is 4. The summed E-state index contributed by atoms with van der Waals surface area (Å²) in [7, 11) is -2.69. The Morgan fingerprint density at radius 3 is 1.93 bits per heavy atom. The van der Waals surface area contributed by atoms with Crippen molar-refractivity contribution in [2.45, 2.75) is 104 Å². The third-order valence-corrected chi connectivity index (χ3v) is 10.6. The molecule has 2 aromatic carbocycles. The van der Waals surface area contributed by atoms with Gasteiger partial charge in [0, 0.05) is 24.1 Å². The number of carbonyl (C=O) groups excluding carboxylic acids is 3. The molecule has 0 bridgehead atoms. The van der Waals surface area contributed by atoms with Gasteiger partial charge in [-0.2, -0.15) is 5.09 Å². The maximum atomic E-state index is 14.4. The third kappa shape index (κ3) is 17.5. The summed E-state index contributed by atoms with van der Waals surface area (Å²) in [6, 6.07) is 5.21. The second-order valence-corrected chi connectivity index (χ2v) is 18.6. The molecule has 0 aromatic heterocycles. The van der Waals surface area contributed by atoms with E-state index in [-0.39, 0.29) is 23.7 Å². The quantitative estimate of drug-likeness (QED) is 0.0671. The van der Waals surface area contributed by atoms with Gasteiger partial charge in [-0.05, 0) is 98.4 Å². The Kier molecular flexibility index (Phi) is 18.8. The van der Waals surface area contributed by atoms with E-state index in [1.165, 1.54) is 66.6 Å². The monoisotopic (exact) mass is 857 g/mol. The van der Waals surface area contributed by atoms with E-state index in [9.17, 15) is 27.4 Å². The van der Waals surface area contributed by atoms with Gasteiger partial charge < -0.3 is 43.6 Å². The number of carbonyl (C=O) groups is 3. The summed E-state index contributed by atoms with van der Waals surface area (Å²) in [5.41, 5.74) is -0.808. The van der Waals surface area contributed by atoms with Crippen molar-refractivity contribution in [1.82, 2.24) is 15.7 Å². The fourth-order valence-corrected chi connectivity index (χ4v) is 7.55. The van der Waals surface area contributed by atoms with Crippen LogP contribution in [-0.4, -0.2) is 91.3 Å². The molecule has 19 heteroatoms. The highest BCUT2D eigenvalue weighted by Crippen LogP contribution is 2.48. The number of ether oxygens (including phenoxy) is 6. The maximum Gasteiger partial charge on any atom is 0.459 e. The van der Waals surface area contributed by atoms with Gasteiger partial charge in [0.15, 0.2) is 21.3 Å². The molecule has 2 rings (SSSR count). The van der Waals surface area contributed by atoms with Crippen LogP contribution >= 0.6 is 7.75 Å². The number of hydrogen-bond acceptors (Lipinski definition) is 14. The first-order valence-corrected chi connectivity index (χ1v) is 21.8. The largest absolute Gasteiger partial charge is 0.496 e. The number of esters is 1. The third-order valence-electron chi connectivity index (χ3n) is 7.62. The van der Waals surface area contributed by atoms with Crippen LogP contribution in [0.2, 0.25) is 0 Å². The Balaban J connectivity index is 2.32. The van der Waals surface area contributed by atoms with Crippen LogP contribution in [0, 0.1) is 0 Å². The zero-order valence-corrected chi connectivity index (χ0v) is 37.2. The molecule has 3 N–H and O–H groups in total. The van der Waals surface area contributed by atoms with Crippen molar-refractivity contribution < 1.29 is 64.8 Å². The van der Waals surface area contributed by atoms with Crippen molar-refractivity contribution >= 4 is 41.6 Å². The summed E-state index contributed by atoms with van der Waals surface area (Å²) in [6.45, 7) is 13.4. The first kappa shape index (κ1) is 49.6. The van der Waals surface area contributed by atoms with Crippen molar-refractivity contribution in [2.24, 2.45) is 0 Å². The highest BCUT2D eigenvalue weighted by Gasteiger charge is 2.34. The Morgan fingerprint density at radius 1 is 0.776 bits per heavy atom. The second kappa shape index (κ2) is 22.0. The summed E-state index contributed by atoms with van der Waals surface area (Å²) >= 11 is 0. The number of benzene rings is 2. The fourth-order valence-electron chi connectivity index (χ4n) is 4.93. The van der Waals surface area contributed by atoms with Crippen LogP contribution in [0.25, 0.3) is 6.08 Å². The summed E-state index contributed by atoms with van der Waals surface area (Å²) in [6.07, 6.45) is 2.30. The van der Waals surface area contributed by atoms with Crippen molar-refractivity contribution in [3.8, 4) is 28.7 Å². The molecule has 0 saturated carbocycles. The SMILES string of the molecule is COc1cc(OC)c(/C=C/S(=O)(=O)Cc2ccc(OC)c(OP(=O)(NC(C)C(=O)NC(C)C(=O)OC(C)(C)C)OCCCCCNC(=O)OC(C)(C)C)c2)c(OC)c1. The number of amides is 2. The number of rotatable bonds is 22. The molecule has 58 heavy (non-hydrogen) atoms. The smallest absolute Gasteiger partial charge is 0.459 e. The standard InChI is InChI=1S/C39H60N3O14PS/c1-26(35(43)41-27(2)36(44)54-38(3,4)5)42-57(46,53-20-15-13-14-19-40-37(45)55-39(6,7)8)56-34-22-28(16-17-31(34)50-10)25-58(47,48)21-18-30-32(51-11)23-29(49-9)24-33(30)52-12/h16-18,21-24,26-27H,13-15,19-20,25H2,1-12H3,(H,40,45)(H,41,43)(H,42,46)/b21-18+. The van der Waals surface area contributed by atoms with E-state index >= 15 is 0 Å². The summed E-state index contributed by atoms with van der Waals surface area (Å²) in [5.74, 6) is -0.809. The highest BCUT2D eigenvalue weighted by molar-refractivity contribution is 7.93. The van der Waals surface area contributed by atoms with Crippen LogP contribution in [0.15, 0.2) is 35.7 Å². The van der Waals surface area contributed by atoms with Crippen molar-refractivity contribution in [3.63, 3.8) is 0 Å². The Labute approximate surface area is 342 Å². The van der Waals surface area contributed by atoms with Crippen molar-refractivity contribution in [1.29, 1.82) is 0 Å². The van der Waals surface area contributed by atoms with E-state index in [2.05, 4.69) is 15.7 Å². The first-order valence-electron chi connectivity index (χ1n) is 18.5. The van der Waals surface area contributed by atoms with Gasteiger partial charge in [-0.1, -0.05) is 6.07 Å². The fraction of sp³-hybridized carbons (Fsp3) is 0.564. The molecule has 0 radical (unpaired) electrons. The minimum atomic E-state index is -4.43. The molecule has 326 valence electrons. The van der Waals surface area contributed by atoms with E-state index in [0.717, 1.165) is 5.41 Å². The van der Waals surface area contributed by atoms with E-state index in [0.29, 0.717) is 48.6 Å². The van der Waals surface area contributed by atoms with Crippen molar-refractivity contribution in [2.75, 3.05) is 41.6 Å². The molecule has 2 amide bonds. The number of unbranched alkanes of at least 4 members (excludes halogenated alkanes) is 2. The van der Waals surface area contributed by atoms with Gasteiger partial charge in [-0.15, -0.1) is 0 Å². The van der Waals surface area contributed by atoms with E-state index in [4.69, 9.17) is 37.5 Å². The lowest BCUT2D eigenvalue weighted by molar-refractivity contribution is -0.158. The lowest BCUT2D eigenvalue weighted by Crippen LogP contribution is -2.48. The number of nitrogens with one attached hydrogen (secondary N) is 3. The average molecular weight is 858 g/mol. The maximum absolute atomic E-state index is 14.4. The lowest BCUT2D eigenvalue weighted by Gasteiger charge is -2.26. The van der Waals surface area contributed by atoms with Gasteiger partial charge in [-0.3, -0.25) is 9.32 Å². The molecule has 0 aliphatic rings. The summed E-state index contributed by atoms with van der Waals surface area (Å²) < 4.78 is 84.9. The summed E-state index contributed by atoms with van der Waals surface area (Å²) in [4.78, 5) is 37.6. The zero-order chi connectivity index (χ0) is 43.9. The normalized spacial score (nSPS) is 14.1. The minimum Gasteiger partial charge on any atom is -0.496 e. The number of alkyl carbamates (subject to hydrolysis) is 1. The molecule has 0 aliphatic heterocycles. The number of sulfone groups is 1. The molecule has 2 aromatic rings. The molecule has 0 spiro atoms. The van der Waals surface area contributed by atoms with Crippen LogP contribution in [0.5, 0.6) is 28.7 Å². The van der Waals surface area contributed by atoms with Gasteiger partial charge in [0.05, 0.1) is 52.4 Å². The van der Waals surface area contributed by atoms with Gasteiger partial charge in [0.1, 0.15) is 34.5 Å². The predicted molar refractivity (Wildman–Crippen MR) is 219 cm³/mol. The van der Waals surface area contributed by atoms with Gasteiger partial charge in [-0.25, -0.2) is 22.6 Å². The van der Waals surface area contributed by atoms with Crippen LogP contribution in [0.1, 0.15) is 85.8 Å². The molecule has 0 heterocycles. The predicted octanol–water partition coefficient (Wildman–Crippen LogP) is 6.33. The lowest BCUT2D eigenvalue weighted by atomic mass is 10.1. The molecule has 0 fully saturated rings. The average Bonchev–Trinajstić information content (AvgIpc) is 3.11. The summed E-state index contributed by atoms with van der Waals surface area (Å²) in [5, 5.41) is 8.83. The van der Waals surface area contributed by atoms with E-state index in [1.54, 1.807) is 53.7 Å². The van der Waals surface area contributed by atoms with Crippen molar-refractivity contribution in [3.05, 3.63) is 46.9 Å². The molecular formula is C39H60N3O14PS. The molecule has 3 unspecified atom stereocenters. The minimum absolute atomic E-state index is 0.0962. The zero-order valence-electron chi connectivity index (χ0n) is 35.5. The number of hydrogen-bond donors (Lipinski definition) is 3. The Hall–Kier alpha value is -4.51.